The number of nitrogens with one attached hydrogen (secondary N) is 1. The summed E-state index contributed by atoms with van der Waals surface area (Å²) in [5.74, 6) is -0.260. The van der Waals surface area contributed by atoms with Gasteiger partial charge in [-0.05, 0) is 37.1 Å². The third-order valence-corrected chi connectivity index (χ3v) is 4.15. The summed E-state index contributed by atoms with van der Waals surface area (Å²) in [5.41, 5.74) is 0.833. The summed E-state index contributed by atoms with van der Waals surface area (Å²) in [6.45, 7) is 2.11. The lowest BCUT2D eigenvalue weighted by molar-refractivity contribution is -0.131. The summed E-state index contributed by atoms with van der Waals surface area (Å²) in [7, 11) is 0. The third kappa shape index (κ3) is 2.27. The van der Waals surface area contributed by atoms with Gasteiger partial charge in [-0.3, -0.25) is 4.79 Å². The van der Waals surface area contributed by atoms with E-state index in [-0.39, 0.29) is 23.4 Å². The van der Waals surface area contributed by atoms with E-state index >= 15 is 0 Å². The van der Waals surface area contributed by atoms with E-state index in [9.17, 15) is 9.18 Å². The molecule has 1 aromatic rings. The average molecular weight is 273 g/mol. The van der Waals surface area contributed by atoms with Gasteiger partial charge in [0.15, 0.2) is 0 Å². The number of nitriles is 1. The van der Waals surface area contributed by atoms with Gasteiger partial charge in [0.05, 0.1) is 11.5 Å². The van der Waals surface area contributed by atoms with Crippen molar-refractivity contribution in [1.82, 2.24) is 10.2 Å². The molecule has 20 heavy (non-hydrogen) atoms. The van der Waals surface area contributed by atoms with Gasteiger partial charge in [-0.2, -0.15) is 5.26 Å². The molecule has 1 amide bonds. The number of rotatable bonds is 2. The molecule has 5 heteroatoms. The summed E-state index contributed by atoms with van der Waals surface area (Å²) >= 11 is 0. The van der Waals surface area contributed by atoms with Gasteiger partial charge in [0.2, 0.25) is 5.91 Å². The van der Waals surface area contributed by atoms with Crippen molar-refractivity contribution < 1.29 is 9.18 Å². The molecule has 2 aliphatic rings. The van der Waals surface area contributed by atoms with Crippen molar-refractivity contribution in [3.63, 3.8) is 0 Å². The van der Waals surface area contributed by atoms with Crippen molar-refractivity contribution >= 4 is 5.91 Å². The number of hydrogen-bond acceptors (Lipinski definition) is 3. The Bertz CT molecular complexity index is 581. The number of halogens is 1. The molecule has 3 rings (SSSR count). The highest BCUT2D eigenvalue weighted by Crippen LogP contribution is 2.27. The molecule has 1 aromatic carbocycles. The first-order valence-corrected chi connectivity index (χ1v) is 6.90. The van der Waals surface area contributed by atoms with Crippen LogP contribution in [-0.4, -0.2) is 29.9 Å². The molecule has 0 radical (unpaired) electrons. The van der Waals surface area contributed by atoms with Crippen LogP contribution in [0.25, 0.3) is 0 Å². The number of fused-ring (bicyclic) bond motifs is 1. The molecule has 1 N–H and O–H groups in total. The van der Waals surface area contributed by atoms with E-state index in [2.05, 4.69) is 5.32 Å². The topological polar surface area (TPSA) is 56.1 Å². The number of piperidine rings is 1. The van der Waals surface area contributed by atoms with Crippen LogP contribution in [0, 0.1) is 23.1 Å². The Kier molecular flexibility index (Phi) is 3.41. The minimum atomic E-state index is -0.515. The van der Waals surface area contributed by atoms with Crippen molar-refractivity contribution in [2.75, 3.05) is 13.1 Å². The predicted octanol–water partition coefficient (Wildman–Crippen LogP) is 1.41. The molecule has 104 valence electrons. The van der Waals surface area contributed by atoms with E-state index in [4.69, 9.17) is 5.26 Å². The number of carbonyl (C=O) groups is 1. The van der Waals surface area contributed by atoms with Gasteiger partial charge in [-0.1, -0.05) is 6.07 Å². The second kappa shape index (κ2) is 5.22. The van der Waals surface area contributed by atoms with Gasteiger partial charge >= 0.3 is 0 Å². The Hall–Kier alpha value is -1.93. The van der Waals surface area contributed by atoms with Crippen LogP contribution in [-0.2, 0) is 11.3 Å². The van der Waals surface area contributed by atoms with Gasteiger partial charge in [-0.25, -0.2) is 4.39 Å². The standard InChI is InChI=1S/C15H16FN3O/c16-13-4-3-10(6-11(13)7-17)8-19-9-14-12(15(19)20)2-1-5-18-14/h3-4,6,12,14,18H,1-2,5,8-9H2. The van der Waals surface area contributed by atoms with Gasteiger partial charge in [0, 0.05) is 19.1 Å². The molecule has 2 atom stereocenters. The van der Waals surface area contributed by atoms with Crippen LogP contribution in [0.5, 0.6) is 0 Å². The summed E-state index contributed by atoms with van der Waals surface area (Å²) in [5, 5.41) is 12.2. The molecule has 4 nitrogen and oxygen atoms in total. The number of likely N-dealkylation sites (tertiary alicyclic amines) is 1. The summed E-state index contributed by atoms with van der Waals surface area (Å²) in [6.07, 6.45) is 1.98. The number of carbonyl (C=O) groups excluding carboxylic acids is 1. The maximum Gasteiger partial charge on any atom is 0.227 e. The van der Waals surface area contributed by atoms with Crippen LogP contribution < -0.4 is 5.32 Å². The fourth-order valence-corrected chi connectivity index (χ4v) is 3.12. The third-order valence-electron chi connectivity index (χ3n) is 4.15. The van der Waals surface area contributed by atoms with Crippen LogP contribution in [0.15, 0.2) is 18.2 Å². The van der Waals surface area contributed by atoms with Gasteiger partial charge < -0.3 is 10.2 Å². The van der Waals surface area contributed by atoms with Gasteiger partial charge in [0.25, 0.3) is 0 Å². The SMILES string of the molecule is N#Cc1cc(CN2CC3NCCCC3C2=O)ccc1F. The fourth-order valence-electron chi connectivity index (χ4n) is 3.12. The van der Waals surface area contributed by atoms with Crippen molar-refractivity contribution in [2.24, 2.45) is 5.92 Å². The lowest BCUT2D eigenvalue weighted by Gasteiger charge is -2.23. The first-order chi connectivity index (χ1) is 9.69. The molecule has 0 spiro atoms. The molecule has 0 saturated carbocycles. The lowest BCUT2D eigenvalue weighted by atomic mass is 9.94. The zero-order valence-corrected chi connectivity index (χ0v) is 11.1. The summed E-state index contributed by atoms with van der Waals surface area (Å²) in [6, 6.07) is 6.53. The van der Waals surface area contributed by atoms with Crippen LogP contribution in [0.2, 0.25) is 0 Å². The van der Waals surface area contributed by atoms with E-state index in [1.165, 1.54) is 12.1 Å². The fraction of sp³-hybridized carbons (Fsp3) is 0.467. The second-order valence-corrected chi connectivity index (χ2v) is 5.45. The highest BCUT2D eigenvalue weighted by Gasteiger charge is 2.41. The largest absolute Gasteiger partial charge is 0.336 e. The molecule has 0 aromatic heterocycles. The molecule has 2 unspecified atom stereocenters. The smallest absolute Gasteiger partial charge is 0.227 e. The van der Waals surface area contributed by atoms with Gasteiger partial charge in [0.1, 0.15) is 11.9 Å². The highest BCUT2D eigenvalue weighted by atomic mass is 19.1. The first-order valence-electron chi connectivity index (χ1n) is 6.90. The minimum Gasteiger partial charge on any atom is -0.336 e. The molecule has 0 bridgehead atoms. The van der Waals surface area contributed by atoms with Crippen LogP contribution >= 0.6 is 0 Å². The monoisotopic (exact) mass is 273 g/mol. The Morgan fingerprint density at radius 3 is 3.10 bits per heavy atom. The zero-order valence-electron chi connectivity index (χ0n) is 11.1. The van der Waals surface area contributed by atoms with E-state index in [0.29, 0.717) is 13.1 Å². The van der Waals surface area contributed by atoms with E-state index in [1.807, 2.05) is 11.0 Å². The molecule has 2 saturated heterocycles. The quantitative estimate of drug-likeness (QED) is 0.886. The van der Waals surface area contributed by atoms with E-state index in [0.717, 1.165) is 24.9 Å². The molecule has 0 aliphatic carbocycles. The Labute approximate surface area is 117 Å². The molecule has 2 fully saturated rings. The van der Waals surface area contributed by atoms with Gasteiger partial charge in [-0.15, -0.1) is 0 Å². The summed E-state index contributed by atoms with van der Waals surface area (Å²) < 4.78 is 13.3. The van der Waals surface area contributed by atoms with E-state index in [1.54, 1.807) is 6.07 Å². The average Bonchev–Trinajstić information content (AvgIpc) is 2.78. The first kappa shape index (κ1) is 13.1. The Morgan fingerprint density at radius 1 is 1.50 bits per heavy atom. The number of nitrogens with zero attached hydrogens (tertiary/aromatic N) is 2. The number of hydrogen-bond donors (Lipinski definition) is 1. The van der Waals surface area contributed by atoms with Crippen LogP contribution in [0.4, 0.5) is 4.39 Å². The number of benzene rings is 1. The van der Waals surface area contributed by atoms with Crippen molar-refractivity contribution in [3.05, 3.63) is 35.1 Å². The Balaban J connectivity index is 1.75. The molecular weight excluding hydrogens is 257 g/mol. The van der Waals surface area contributed by atoms with E-state index < -0.39 is 5.82 Å². The molecule has 2 aliphatic heterocycles. The number of amides is 1. The molecule has 2 heterocycles. The summed E-state index contributed by atoms with van der Waals surface area (Å²) in [4.78, 5) is 14.1. The minimum absolute atomic E-state index is 0.0321. The molecular formula is C15H16FN3O. The predicted molar refractivity (Wildman–Crippen MR) is 71.0 cm³/mol. The van der Waals surface area contributed by atoms with Crippen molar-refractivity contribution in [3.8, 4) is 6.07 Å². The highest BCUT2D eigenvalue weighted by molar-refractivity contribution is 5.82. The van der Waals surface area contributed by atoms with Crippen molar-refractivity contribution in [1.29, 1.82) is 5.26 Å². The maximum atomic E-state index is 13.3. The lowest BCUT2D eigenvalue weighted by Crippen LogP contribution is -2.41. The second-order valence-electron chi connectivity index (χ2n) is 5.45. The zero-order chi connectivity index (χ0) is 14.1. The Morgan fingerprint density at radius 2 is 2.35 bits per heavy atom. The van der Waals surface area contributed by atoms with Crippen molar-refractivity contribution in [2.45, 2.75) is 25.4 Å². The normalized spacial score (nSPS) is 25.4. The van der Waals surface area contributed by atoms with Crippen LogP contribution in [0.3, 0.4) is 0 Å². The van der Waals surface area contributed by atoms with Crippen LogP contribution in [0.1, 0.15) is 24.0 Å². The maximum absolute atomic E-state index is 13.3.